The van der Waals surface area contributed by atoms with Crippen molar-refractivity contribution in [2.45, 2.75) is 18.4 Å². The summed E-state index contributed by atoms with van der Waals surface area (Å²) in [5.41, 5.74) is 0. The number of hydrogen-bond donors (Lipinski definition) is 2. The van der Waals surface area contributed by atoms with Crippen LogP contribution in [0.2, 0.25) is 0 Å². The van der Waals surface area contributed by atoms with Gasteiger partial charge in [0.25, 0.3) is 0 Å². The minimum atomic E-state index is -3.49. The second-order valence-electron chi connectivity index (χ2n) is 4.46. The molecule has 0 aliphatic rings. The quantitative estimate of drug-likeness (QED) is 0.650. The molecule has 1 atom stereocenters. The standard InChI is InChI=1S/C11H22N4O3S/c1-10(9-18-3)6-14-19(16,17)11-7-13-15(8-11)5-4-12-2/h7-8,10,12,14H,4-6,9H2,1-3H3. The smallest absolute Gasteiger partial charge is 0.243 e. The zero-order valence-electron chi connectivity index (χ0n) is 11.6. The van der Waals surface area contributed by atoms with Crippen LogP contribution in [0.15, 0.2) is 17.3 Å². The average molecular weight is 290 g/mol. The summed E-state index contributed by atoms with van der Waals surface area (Å²) in [6.45, 7) is 4.15. The lowest BCUT2D eigenvalue weighted by atomic mass is 10.2. The van der Waals surface area contributed by atoms with Crippen molar-refractivity contribution >= 4 is 10.0 Å². The van der Waals surface area contributed by atoms with Crippen LogP contribution in [-0.2, 0) is 21.3 Å². The van der Waals surface area contributed by atoms with Crippen molar-refractivity contribution in [1.82, 2.24) is 19.8 Å². The number of methoxy groups -OCH3 is 1. The lowest BCUT2D eigenvalue weighted by Crippen LogP contribution is -2.29. The van der Waals surface area contributed by atoms with E-state index < -0.39 is 10.0 Å². The van der Waals surface area contributed by atoms with Crippen LogP contribution in [0.4, 0.5) is 0 Å². The molecule has 0 bridgehead atoms. The van der Waals surface area contributed by atoms with Gasteiger partial charge in [0.1, 0.15) is 4.90 Å². The monoisotopic (exact) mass is 290 g/mol. The highest BCUT2D eigenvalue weighted by molar-refractivity contribution is 7.89. The van der Waals surface area contributed by atoms with E-state index in [1.54, 1.807) is 11.8 Å². The molecule has 1 unspecified atom stereocenters. The fourth-order valence-corrected chi connectivity index (χ4v) is 2.63. The molecule has 0 aliphatic carbocycles. The summed E-state index contributed by atoms with van der Waals surface area (Å²) in [6, 6.07) is 0. The van der Waals surface area contributed by atoms with Crippen LogP contribution in [0.1, 0.15) is 6.92 Å². The molecule has 0 saturated heterocycles. The Kier molecular flexibility index (Phi) is 6.43. The number of nitrogens with zero attached hydrogens (tertiary/aromatic N) is 2. The van der Waals surface area contributed by atoms with E-state index in [1.807, 2.05) is 14.0 Å². The molecule has 2 N–H and O–H groups in total. The number of sulfonamides is 1. The highest BCUT2D eigenvalue weighted by Crippen LogP contribution is 2.07. The van der Waals surface area contributed by atoms with Gasteiger partial charge in [-0.25, -0.2) is 13.1 Å². The Balaban J connectivity index is 2.59. The fourth-order valence-electron chi connectivity index (χ4n) is 1.51. The molecule has 0 aliphatic heterocycles. The Labute approximate surface area is 114 Å². The maximum Gasteiger partial charge on any atom is 0.243 e. The Morgan fingerprint density at radius 3 is 2.89 bits per heavy atom. The summed E-state index contributed by atoms with van der Waals surface area (Å²) >= 11 is 0. The van der Waals surface area contributed by atoms with Gasteiger partial charge in [-0.1, -0.05) is 6.92 Å². The van der Waals surface area contributed by atoms with Crippen molar-refractivity contribution < 1.29 is 13.2 Å². The Morgan fingerprint density at radius 2 is 2.26 bits per heavy atom. The molecule has 1 heterocycles. The number of nitrogens with one attached hydrogen (secondary N) is 2. The molecule has 0 aromatic carbocycles. The molecule has 8 heteroatoms. The molecule has 0 spiro atoms. The molecule has 1 aromatic heterocycles. The van der Waals surface area contributed by atoms with Gasteiger partial charge >= 0.3 is 0 Å². The average Bonchev–Trinajstić information content (AvgIpc) is 2.84. The van der Waals surface area contributed by atoms with E-state index in [9.17, 15) is 8.42 Å². The molecule has 0 fully saturated rings. The van der Waals surface area contributed by atoms with Gasteiger partial charge in [0.2, 0.25) is 10.0 Å². The second-order valence-corrected chi connectivity index (χ2v) is 6.22. The van der Waals surface area contributed by atoms with Crippen LogP contribution < -0.4 is 10.0 Å². The number of ether oxygens (including phenoxy) is 1. The third-order valence-electron chi connectivity index (χ3n) is 2.58. The highest BCUT2D eigenvalue weighted by atomic mass is 32.2. The minimum Gasteiger partial charge on any atom is -0.384 e. The van der Waals surface area contributed by atoms with Crippen molar-refractivity contribution in [1.29, 1.82) is 0 Å². The van der Waals surface area contributed by atoms with Crippen LogP contribution in [0.3, 0.4) is 0 Å². The van der Waals surface area contributed by atoms with Crippen LogP contribution in [-0.4, -0.2) is 52.1 Å². The Bertz CT molecular complexity index is 472. The molecule has 7 nitrogen and oxygen atoms in total. The summed E-state index contributed by atoms with van der Waals surface area (Å²) in [5, 5.41) is 6.99. The zero-order chi connectivity index (χ0) is 14.3. The molecule has 0 amide bonds. The molecule has 0 saturated carbocycles. The first-order valence-electron chi connectivity index (χ1n) is 6.15. The number of hydrogen-bond acceptors (Lipinski definition) is 5. The van der Waals surface area contributed by atoms with E-state index in [2.05, 4.69) is 15.1 Å². The maximum atomic E-state index is 12.0. The second kappa shape index (κ2) is 7.59. The summed E-state index contributed by atoms with van der Waals surface area (Å²) in [7, 11) is -0.0599. The molecule has 1 rings (SSSR count). The van der Waals surface area contributed by atoms with Crippen LogP contribution >= 0.6 is 0 Å². The van der Waals surface area contributed by atoms with Crippen molar-refractivity contribution in [2.75, 3.05) is 33.9 Å². The fraction of sp³-hybridized carbons (Fsp3) is 0.727. The molecular formula is C11H22N4O3S. The molecule has 0 radical (unpaired) electrons. The van der Waals surface area contributed by atoms with Gasteiger partial charge in [0.15, 0.2) is 0 Å². The van der Waals surface area contributed by atoms with E-state index in [0.29, 0.717) is 19.7 Å². The Hall–Kier alpha value is -0.960. The zero-order valence-corrected chi connectivity index (χ0v) is 12.4. The van der Waals surface area contributed by atoms with Gasteiger partial charge in [-0.2, -0.15) is 5.10 Å². The van der Waals surface area contributed by atoms with E-state index in [0.717, 1.165) is 6.54 Å². The van der Waals surface area contributed by atoms with E-state index in [-0.39, 0.29) is 10.8 Å². The van der Waals surface area contributed by atoms with Gasteiger partial charge in [0.05, 0.1) is 12.7 Å². The highest BCUT2D eigenvalue weighted by Gasteiger charge is 2.17. The first-order chi connectivity index (χ1) is 8.99. The predicted molar refractivity (Wildman–Crippen MR) is 72.4 cm³/mol. The SMILES string of the molecule is CNCCn1cc(S(=O)(=O)NCC(C)COC)cn1. The summed E-state index contributed by atoms with van der Waals surface area (Å²) in [6.07, 6.45) is 2.89. The third kappa shape index (κ3) is 5.27. The minimum absolute atomic E-state index is 0.124. The van der Waals surface area contributed by atoms with E-state index in [4.69, 9.17) is 4.74 Å². The normalized spacial score (nSPS) is 13.6. The van der Waals surface area contributed by atoms with Gasteiger partial charge < -0.3 is 10.1 Å². The largest absolute Gasteiger partial charge is 0.384 e. The molecule has 19 heavy (non-hydrogen) atoms. The lowest BCUT2D eigenvalue weighted by molar-refractivity contribution is 0.161. The first-order valence-corrected chi connectivity index (χ1v) is 7.63. The van der Waals surface area contributed by atoms with Crippen molar-refractivity contribution in [3.05, 3.63) is 12.4 Å². The van der Waals surface area contributed by atoms with Gasteiger partial charge in [-0.15, -0.1) is 0 Å². The summed E-state index contributed by atoms with van der Waals surface area (Å²) in [5.74, 6) is 0.124. The lowest BCUT2D eigenvalue weighted by Gasteiger charge is -2.10. The van der Waals surface area contributed by atoms with Crippen LogP contribution in [0.5, 0.6) is 0 Å². The van der Waals surface area contributed by atoms with E-state index >= 15 is 0 Å². The van der Waals surface area contributed by atoms with Crippen molar-refractivity contribution in [2.24, 2.45) is 5.92 Å². The third-order valence-corrected chi connectivity index (χ3v) is 3.96. The maximum absolute atomic E-state index is 12.0. The Morgan fingerprint density at radius 1 is 1.53 bits per heavy atom. The molecule has 110 valence electrons. The predicted octanol–water partition coefficient (Wildman–Crippen LogP) is -0.337. The molecule has 1 aromatic rings. The van der Waals surface area contributed by atoms with Crippen molar-refractivity contribution in [3.8, 4) is 0 Å². The molecular weight excluding hydrogens is 268 g/mol. The number of likely N-dealkylation sites (N-methyl/N-ethyl adjacent to an activating group) is 1. The van der Waals surface area contributed by atoms with Gasteiger partial charge in [-0.3, -0.25) is 4.68 Å². The number of rotatable bonds is 9. The van der Waals surface area contributed by atoms with Gasteiger partial charge in [0, 0.05) is 33.0 Å². The van der Waals surface area contributed by atoms with Crippen molar-refractivity contribution in [3.63, 3.8) is 0 Å². The summed E-state index contributed by atoms with van der Waals surface area (Å²) < 4.78 is 33.1. The van der Waals surface area contributed by atoms with Crippen LogP contribution in [0, 0.1) is 5.92 Å². The first kappa shape index (κ1) is 16.1. The number of aromatic nitrogens is 2. The topological polar surface area (TPSA) is 85.2 Å². The van der Waals surface area contributed by atoms with Crippen LogP contribution in [0.25, 0.3) is 0 Å². The summed E-state index contributed by atoms with van der Waals surface area (Å²) in [4.78, 5) is 0.188. The van der Waals surface area contributed by atoms with Gasteiger partial charge in [-0.05, 0) is 13.0 Å². The van der Waals surface area contributed by atoms with E-state index in [1.165, 1.54) is 12.4 Å².